The highest BCUT2D eigenvalue weighted by molar-refractivity contribution is 6.31. The van der Waals surface area contributed by atoms with Crippen molar-refractivity contribution in [2.24, 2.45) is 5.92 Å². The third-order valence-corrected chi connectivity index (χ3v) is 3.43. The van der Waals surface area contributed by atoms with Gasteiger partial charge in [0.05, 0.1) is 11.1 Å². The summed E-state index contributed by atoms with van der Waals surface area (Å²) in [7, 11) is 1.77. The van der Waals surface area contributed by atoms with Crippen molar-refractivity contribution in [3.05, 3.63) is 29.0 Å². The quantitative estimate of drug-likeness (QED) is 0.827. The molecule has 0 spiro atoms. The van der Waals surface area contributed by atoms with E-state index in [-0.39, 0.29) is 12.1 Å². The maximum atomic E-state index is 6.16. The van der Waals surface area contributed by atoms with Gasteiger partial charge in [-0.05, 0) is 30.5 Å². The zero-order valence-electron chi connectivity index (χ0n) is 11.6. The second-order valence-corrected chi connectivity index (χ2v) is 5.19. The Balaban J connectivity index is 2.82. The molecule has 2 unspecified atom stereocenters. The molecule has 0 fully saturated rings. The summed E-state index contributed by atoms with van der Waals surface area (Å²) in [5.74, 6) is 0.458. The summed E-state index contributed by atoms with van der Waals surface area (Å²) in [4.78, 5) is 4.01. The van der Waals surface area contributed by atoms with Gasteiger partial charge in [-0.3, -0.25) is 4.98 Å². The summed E-state index contributed by atoms with van der Waals surface area (Å²) >= 11 is 6.16. The SMILES string of the molecule is CCNC(Cc1ccncc1Cl)C(OC)C(C)C. The molecule has 1 heterocycles. The highest BCUT2D eigenvalue weighted by atomic mass is 35.5. The Morgan fingerprint density at radius 2 is 2.17 bits per heavy atom. The van der Waals surface area contributed by atoms with Crippen LogP contribution in [0.15, 0.2) is 18.5 Å². The highest BCUT2D eigenvalue weighted by Gasteiger charge is 2.24. The summed E-state index contributed by atoms with van der Waals surface area (Å²) in [6, 6.07) is 2.24. The van der Waals surface area contributed by atoms with Crippen LogP contribution in [0.25, 0.3) is 0 Å². The lowest BCUT2D eigenvalue weighted by Crippen LogP contribution is -2.45. The van der Waals surface area contributed by atoms with E-state index in [9.17, 15) is 0 Å². The number of rotatable bonds is 7. The number of ether oxygens (including phenoxy) is 1. The van der Waals surface area contributed by atoms with Gasteiger partial charge < -0.3 is 10.1 Å². The highest BCUT2D eigenvalue weighted by Crippen LogP contribution is 2.19. The summed E-state index contributed by atoms with van der Waals surface area (Å²) in [5, 5.41) is 4.21. The zero-order valence-corrected chi connectivity index (χ0v) is 12.4. The maximum Gasteiger partial charge on any atom is 0.0750 e. The summed E-state index contributed by atoms with van der Waals surface area (Å²) in [5.41, 5.74) is 1.11. The van der Waals surface area contributed by atoms with Gasteiger partial charge in [0.25, 0.3) is 0 Å². The predicted octanol–water partition coefficient (Wildman–Crippen LogP) is 2.93. The molecular weight excluding hydrogens is 248 g/mol. The van der Waals surface area contributed by atoms with E-state index in [4.69, 9.17) is 16.3 Å². The van der Waals surface area contributed by atoms with E-state index in [1.165, 1.54) is 0 Å². The average Bonchev–Trinajstić information content (AvgIpc) is 2.32. The van der Waals surface area contributed by atoms with Crippen LogP contribution in [0.4, 0.5) is 0 Å². The molecule has 102 valence electrons. The fourth-order valence-electron chi connectivity index (χ4n) is 2.27. The van der Waals surface area contributed by atoms with Crippen molar-refractivity contribution >= 4 is 11.6 Å². The van der Waals surface area contributed by atoms with Gasteiger partial charge in [-0.2, -0.15) is 0 Å². The van der Waals surface area contributed by atoms with Gasteiger partial charge >= 0.3 is 0 Å². The standard InChI is InChI=1S/C14H23ClN2O/c1-5-17-13(14(18-4)10(2)3)8-11-6-7-16-9-12(11)15/h6-7,9-10,13-14,17H,5,8H2,1-4H3. The number of aromatic nitrogens is 1. The lowest BCUT2D eigenvalue weighted by atomic mass is 9.94. The number of hydrogen-bond acceptors (Lipinski definition) is 3. The molecule has 1 aromatic heterocycles. The zero-order chi connectivity index (χ0) is 13.5. The monoisotopic (exact) mass is 270 g/mol. The van der Waals surface area contributed by atoms with E-state index in [1.807, 2.05) is 6.07 Å². The van der Waals surface area contributed by atoms with E-state index in [1.54, 1.807) is 19.5 Å². The number of nitrogens with zero attached hydrogens (tertiary/aromatic N) is 1. The van der Waals surface area contributed by atoms with Crippen LogP contribution in [0, 0.1) is 5.92 Å². The molecule has 0 amide bonds. The van der Waals surface area contributed by atoms with Crippen LogP contribution in [0.3, 0.4) is 0 Å². The smallest absolute Gasteiger partial charge is 0.0750 e. The van der Waals surface area contributed by atoms with Crippen molar-refractivity contribution in [2.75, 3.05) is 13.7 Å². The first-order valence-electron chi connectivity index (χ1n) is 6.44. The van der Waals surface area contributed by atoms with Gasteiger partial charge in [-0.1, -0.05) is 32.4 Å². The van der Waals surface area contributed by atoms with E-state index < -0.39 is 0 Å². The van der Waals surface area contributed by atoms with E-state index in [0.717, 1.165) is 23.6 Å². The third kappa shape index (κ3) is 4.23. The van der Waals surface area contributed by atoms with Crippen molar-refractivity contribution < 1.29 is 4.74 Å². The Morgan fingerprint density at radius 3 is 2.67 bits per heavy atom. The average molecular weight is 271 g/mol. The molecular formula is C14H23ClN2O. The van der Waals surface area contributed by atoms with E-state index in [0.29, 0.717) is 5.92 Å². The molecule has 2 atom stereocenters. The molecule has 0 bridgehead atoms. The van der Waals surface area contributed by atoms with Crippen LogP contribution in [-0.2, 0) is 11.2 Å². The molecule has 0 aliphatic heterocycles. The van der Waals surface area contributed by atoms with Gasteiger partial charge in [-0.25, -0.2) is 0 Å². The molecule has 0 aliphatic carbocycles. The number of hydrogen-bond donors (Lipinski definition) is 1. The first kappa shape index (κ1) is 15.4. The fourth-order valence-corrected chi connectivity index (χ4v) is 2.47. The minimum absolute atomic E-state index is 0.175. The lowest BCUT2D eigenvalue weighted by Gasteiger charge is -2.30. The van der Waals surface area contributed by atoms with Crippen LogP contribution in [-0.4, -0.2) is 30.8 Å². The Hall–Kier alpha value is -0.640. The molecule has 0 aromatic carbocycles. The first-order chi connectivity index (χ1) is 8.60. The third-order valence-electron chi connectivity index (χ3n) is 3.09. The van der Waals surface area contributed by atoms with Crippen molar-refractivity contribution in [1.29, 1.82) is 0 Å². The molecule has 18 heavy (non-hydrogen) atoms. The van der Waals surface area contributed by atoms with Crippen molar-refractivity contribution in [3.8, 4) is 0 Å². The minimum atomic E-state index is 0.175. The van der Waals surface area contributed by atoms with Gasteiger partial charge in [0, 0.05) is 25.5 Å². The minimum Gasteiger partial charge on any atom is -0.380 e. The van der Waals surface area contributed by atoms with Gasteiger partial charge in [0.15, 0.2) is 0 Å². The fraction of sp³-hybridized carbons (Fsp3) is 0.643. The largest absolute Gasteiger partial charge is 0.380 e. The molecule has 0 saturated carbocycles. The second kappa shape index (κ2) is 7.72. The van der Waals surface area contributed by atoms with E-state index >= 15 is 0 Å². The second-order valence-electron chi connectivity index (χ2n) is 4.78. The molecule has 3 nitrogen and oxygen atoms in total. The van der Waals surface area contributed by atoms with Gasteiger partial charge in [-0.15, -0.1) is 0 Å². The molecule has 0 saturated heterocycles. The van der Waals surface area contributed by atoms with Crippen LogP contribution in [0.5, 0.6) is 0 Å². The van der Waals surface area contributed by atoms with Crippen molar-refractivity contribution in [3.63, 3.8) is 0 Å². The van der Waals surface area contributed by atoms with Crippen molar-refractivity contribution in [1.82, 2.24) is 10.3 Å². The normalized spacial score (nSPS) is 14.8. The first-order valence-corrected chi connectivity index (χ1v) is 6.82. The number of halogens is 1. The van der Waals surface area contributed by atoms with Gasteiger partial charge in [0.2, 0.25) is 0 Å². The van der Waals surface area contributed by atoms with Crippen LogP contribution >= 0.6 is 11.6 Å². The Labute approximate surface area is 115 Å². The molecule has 0 aliphatic rings. The van der Waals surface area contributed by atoms with Crippen LogP contribution in [0.2, 0.25) is 5.02 Å². The number of nitrogens with one attached hydrogen (secondary N) is 1. The van der Waals surface area contributed by atoms with Crippen molar-refractivity contribution in [2.45, 2.75) is 39.3 Å². The molecule has 4 heteroatoms. The Morgan fingerprint density at radius 1 is 1.44 bits per heavy atom. The molecule has 1 N–H and O–H groups in total. The molecule has 1 rings (SSSR count). The summed E-state index contributed by atoms with van der Waals surface area (Å²) < 4.78 is 5.62. The number of pyridine rings is 1. The van der Waals surface area contributed by atoms with E-state index in [2.05, 4.69) is 31.1 Å². The summed E-state index contributed by atoms with van der Waals surface area (Å²) in [6.07, 6.45) is 4.50. The number of likely N-dealkylation sites (N-methyl/N-ethyl adjacent to an activating group) is 1. The maximum absolute atomic E-state index is 6.16. The number of methoxy groups -OCH3 is 1. The predicted molar refractivity (Wildman–Crippen MR) is 76.1 cm³/mol. The topological polar surface area (TPSA) is 34.2 Å². The summed E-state index contributed by atoms with van der Waals surface area (Å²) in [6.45, 7) is 7.37. The Kier molecular flexibility index (Phi) is 6.61. The lowest BCUT2D eigenvalue weighted by molar-refractivity contribution is 0.0337. The van der Waals surface area contributed by atoms with Crippen LogP contribution < -0.4 is 5.32 Å². The van der Waals surface area contributed by atoms with Gasteiger partial charge in [0.1, 0.15) is 0 Å². The van der Waals surface area contributed by atoms with Crippen LogP contribution in [0.1, 0.15) is 26.3 Å². The Bertz CT molecular complexity index is 357. The molecule has 0 radical (unpaired) electrons. The molecule has 1 aromatic rings.